The van der Waals surface area contributed by atoms with Crippen LogP contribution in [-0.2, 0) is 0 Å². The predicted octanol–water partition coefficient (Wildman–Crippen LogP) is 6.31. The zero-order valence-electron chi connectivity index (χ0n) is 16.6. The van der Waals surface area contributed by atoms with Gasteiger partial charge in [-0.05, 0) is 62.1 Å². The van der Waals surface area contributed by atoms with Crippen LogP contribution in [0, 0.1) is 0 Å². The lowest BCUT2D eigenvalue weighted by Crippen LogP contribution is -1.92. The summed E-state index contributed by atoms with van der Waals surface area (Å²) >= 11 is 6.78. The molecule has 0 spiro atoms. The summed E-state index contributed by atoms with van der Waals surface area (Å²) in [4.78, 5) is 0. The third-order valence-electron chi connectivity index (χ3n) is 3.32. The Morgan fingerprint density at radius 2 is 1.62 bits per heavy atom. The van der Waals surface area contributed by atoms with E-state index in [1.807, 2.05) is 18.2 Å². The quantitative estimate of drug-likeness (QED) is 0.349. The molecule has 0 amide bonds. The van der Waals surface area contributed by atoms with E-state index in [1.54, 1.807) is 16.7 Å². The van der Waals surface area contributed by atoms with E-state index in [9.17, 15) is 0 Å². The molecule has 1 heterocycles. The molecular weight excluding hydrogens is 390 g/mol. The van der Waals surface area contributed by atoms with Crippen LogP contribution >= 0.6 is 31.9 Å². The number of hydrogen-bond acceptors (Lipinski definition) is 0. The Labute approximate surface area is 147 Å². The van der Waals surface area contributed by atoms with Crippen LogP contribution in [0.25, 0.3) is 27.5 Å². The molecule has 1 aromatic heterocycles. The normalized spacial score (nSPS) is 15.3. The van der Waals surface area contributed by atoms with Gasteiger partial charge in [0.05, 0.1) is 19.3 Å². The Morgan fingerprint density at radius 1 is 0.857 bits per heavy atom. The van der Waals surface area contributed by atoms with Gasteiger partial charge in [-0.1, -0.05) is 36.3 Å². The highest BCUT2D eigenvalue weighted by atomic mass is 79.9. The summed E-state index contributed by atoms with van der Waals surface area (Å²) in [5.74, 6) is 0. The average molecular weight is 407 g/mol. The topological polar surface area (TPSA) is 4.93 Å². The first kappa shape index (κ1) is 8.16. The summed E-state index contributed by atoms with van der Waals surface area (Å²) < 4.78 is 52.3. The Kier molecular flexibility index (Phi) is 1.94. The average Bonchev–Trinajstić information content (AvgIpc) is 3.04. The zero-order chi connectivity index (χ0) is 19.6. The van der Waals surface area contributed by atoms with Crippen molar-refractivity contribution < 1.29 is 8.22 Å². The molecule has 0 N–H and O–H groups in total. The molecule has 102 valence electrons. The molecule has 21 heavy (non-hydrogen) atoms. The Morgan fingerprint density at radius 3 is 2.43 bits per heavy atom. The number of halogens is 2. The van der Waals surface area contributed by atoms with Crippen molar-refractivity contribution in [2.45, 2.75) is 0 Å². The molecular formula is C18H11Br2N. The largest absolute Gasteiger partial charge is 0.309 e. The molecule has 4 aromatic rings. The first-order valence-electron chi connectivity index (χ1n) is 9.21. The van der Waals surface area contributed by atoms with Crippen LogP contribution in [0.5, 0.6) is 0 Å². The van der Waals surface area contributed by atoms with Crippen LogP contribution < -0.4 is 0 Å². The molecule has 0 bridgehead atoms. The molecule has 4 rings (SSSR count). The highest BCUT2D eigenvalue weighted by Gasteiger charge is 2.15. The van der Waals surface area contributed by atoms with Crippen LogP contribution in [-0.4, -0.2) is 4.57 Å². The SMILES string of the molecule is [2H]c1c([2H])c([2H])c2c(c1[2H])c1c(Br)c(Br)c([2H])c([2H])c1n2-c1ccccc1. The molecule has 0 aliphatic rings. The molecule has 3 aromatic carbocycles. The van der Waals surface area contributed by atoms with E-state index in [-0.39, 0.29) is 41.8 Å². The molecule has 0 aliphatic carbocycles. The lowest BCUT2D eigenvalue weighted by Gasteiger charge is -2.07. The highest BCUT2D eigenvalue weighted by molar-refractivity contribution is 9.13. The fourth-order valence-electron chi connectivity index (χ4n) is 2.44. The second kappa shape index (κ2) is 5.00. The molecule has 0 radical (unpaired) electrons. The van der Waals surface area contributed by atoms with Crippen molar-refractivity contribution in [3.8, 4) is 5.69 Å². The molecule has 0 saturated heterocycles. The standard InChI is InChI=1S/C18H11Br2N/c19-14-10-11-16-17(18(14)20)13-8-4-5-9-15(13)21(16)12-6-2-1-3-7-12/h1-11H/i4D,5D,8D,9D,10D,11D. The van der Waals surface area contributed by atoms with Crippen LogP contribution in [0.15, 0.2) is 75.5 Å². The van der Waals surface area contributed by atoms with Crippen molar-refractivity contribution >= 4 is 53.7 Å². The van der Waals surface area contributed by atoms with Gasteiger partial charge in [0.1, 0.15) is 0 Å². The fourth-order valence-corrected chi connectivity index (χ4v) is 3.23. The van der Waals surface area contributed by atoms with E-state index in [0.717, 1.165) is 0 Å². The van der Waals surface area contributed by atoms with E-state index in [4.69, 9.17) is 8.22 Å². The van der Waals surface area contributed by atoms with E-state index < -0.39 is 0 Å². The second-order valence-electron chi connectivity index (χ2n) is 4.50. The van der Waals surface area contributed by atoms with Gasteiger partial charge in [-0.25, -0.2) is 0 Å². The lowest BCUT2D eigenvalue weighted by atomic mass is 10.2. The number of nitrogens with zero attached hydrogens (tertiary/aromatic N) is 1. The Bertz CT molecular complexity index is 1170. The molecule has 0 atom stereocenters. The zero-order valence-corrected chi connectivity index (χ0v) is 13.8. The predicted molar refractivity (Wildman–Crippen MR) is 96.2 cm³/mol. The smallest absolute Gasteiger partial charge is 0.0646 e. The van der Waals surface area contributed by atoms with Crippen LogP contribution in [0.4, 0.5) is 0 Å². The summed E-state index contributed by atoms with van der Waals surface area (Å²) in [6.07, 6.45) is 0. The minimum absolute atomic E-state index is 0.0235. The van der Waals surface area contributed by atoms with Gasteiger partial charge < -0.3 is 4.57 Å². The van der Waals surface area contributed by atoms with Crippen LogP contribution in [0.3, 0.4) is 0 Å². The molecule has 0 saturated carbocycles. The van der Waals surface area contributed by atoms with Gasteiger partial charge in [0, 0.05) is 25.4 Å². The highest BCUT2D eigenvalue weighted by Crippen LogP contribution is 2.39. The van der Waals surface area contributed by atoms with Gasteiger partial charge in [0.25, 0.3) is 0 Å². The van der Waals surface area contributed by atoms with Crippen molar-refractivity contribution in [1.82, 2.24) is 4.57 Å². The van der Waals surface area contributed by atoms with Crippen molar-refractivity contribution in [2.75, 3.05) is 0 Å². The van der Waals surface area contributed by atoms with Crippen molar-refractivity contribution in [1.29, 1.82) is 0 Å². The fraction of sp³-hybridized carbons (Fsp3) is 0. The third kappa shape index (κ3) is 1.95. The van der Waals surface area contributed by atoms with Gasteiger partial charge in [0.15, 0.2) is 0 Å². The number of aromatic nitrogens is 1. The van der Waals surface area contributed by atoms with E-state index >= 15 is 0 Å². The lowest BCUT2D eigenvalue weighted by molar-refractivity contribution is 1.18. The summed E-state index contributed by atoms with van der Waals surface area (Å²) in [6, 6.07) is 7.99. The summed E-state index contributed by atoms with van der Waals surface area (Å²) in [5.41, 5.74) is 1.31. The maximum Gasteiger partial charge on any atom is 0.0646 e. The second-order valence-corrected chi connectivity index (χ2v) is 6.08. The molecule has 0 unspecified atom stereocenters. The number of para-hydroxylation sites is 2. The first-order chi connectivity index (χ1) is 12.8. The Hall–Kier alpha value is -1.58. The van der Waals surface area contributed by atoms with Gasteiger partial charge >= 0.3 is 0 Å². The summed E-state index contributed by atoms with van der Waals surface area (Å²) in [5, 5.41) is 0.801. The molecule has 3 heteroatoms. The number of hydrogen-bond donors (Lipinski definition) is 0. The van der Waals surface area contributed by atoms with Crippen molar-refractivity contribution in [3.63, 3.8) is 0 Å². The number of benzene rings is 3. The van der Waals surface area contributed by atoms with Gasteiger partial charge in [-0.15, -0.1) is 0 Å². The first-order valence-corrected chi connectivity index (χ1v) is 7.80. The Balaban J connectivity index is 2.45. The minimum Gasteiger partial charge on any atom is -0.309 e. The minimum atomic E-state index is -0.333. The summed E-state index contributed by atoms with van der Waals surface area (Å²) in [6.45, 7) is 0. The maximum absolute atomic E-state index is 8.52. The summed E-state index contributed by atoms with van der Waals surface area (Å²) in [7, 11) is 0. The molecule has 0 fully saturated rings. The van der Waals surface area contributed by atoms with Crippen LogP contribution in [0.2, 0.25) is 0 Å². The van der Waals surface area contributed by atoms with E-state index in [0.29, 0.717) is 30.9 Å². The van der Waals surface area contributed by atoms with Crippen LogP contribution in [0.1, 0.15) is 8.22 Å². The van der Waals surface area contributed by atoms with Gasteiger partial charge in [0.2, 0.25) is 0 Å². The van der Waals surface area contributed by atoms with Crippen molar-refractivity contribution in [2.24, 2.45) is 0 Å². The van der Waals surface area contributed by atoms with Crippen molar-refractivity contribution in [3.05, 3.63) is 75.5 Å². The molecule has 1 nitrogen and oxygen atoms in total. The third-order valence-corrected chi connectivity index (χ3v) is 5.24. The number of rotatable bonds is 1. The van der Waals surface area contributed by atoms with Gasteiger partial charge in [-0.2, -0.15) is 0 Å². The van der Waals surface area contributed by atoms with E-state index in [2.05, 4.69) is 31.9 Å². The number of fused-ring (bicyclic) bond motifs is 3. The molecule has 0 aliphatic heterocycles. The van der Waals surface area contributed by atoms with Gasteiger partial charge in [-0.3, -0.25) is 0 Å². The monoisotopic (exact) mass is 405 g/mol. The maximum atomic E-state index is 8.52. The van der Waals surface area contributed by atoms with E-state index in [1.165, 1.54) is 0 Å².